The molecule has 6 heteroatoms. The molecular weight excluding hydrogens is 326 g/mol. The largest absolute Gasteiger partial charge is 0.361 e. The summed E-state index contributed by atoms with van der Waals surface area (Å²) in [5.41, 5.74) is -0.340. The van der Waals surface area contributed by atoms with Crippen LogP contribution in [-0.4, -0.2) is 9.55 Å². The summed E-state index contributed by atoms with van der Waals surface area (Å²) in [5, 5.41) is 3.10. The van der Waals surface area contributed by atoms with Crippen LogP contribution in [0.2, 0.25) is 0 Å². The lowest BCUT2D eigenvalue weighted by molar-refractivity contribution is 0.383. The van der Waals surface area contributed by atoms with Crippen molar-refractivity contribution in [3.8, 4) is 0 Å². The number of aromatic nitrogens is 2. The molecule has 0 unspecified atom stereocenters. The van der Waals surface area contributed by atoms with Gasteiger partial charge in [-0.3, -0.25) is 4.79 Å². The van der Waals surface area contributed by atoms with Gasteiger partial charge in [-0.15, -0.1) is 11.3 Å². The standard InChI is InChI=1S/C13H16BrN3OS/c1-13(2,3)17-7-6-15-11(12(17)18)16-8-9-4-5-10(14)19-9/h4-7H,8H2,1-3H3,(H,15,16). The molecule has 1 N–H and O–H groups in total. The Bertz CT molecular complexity index is 627. The summed E-state index contributed by atoms with van der Waals surface area (Å²) in [6.45, 7) is 6.59. The van der Waals surface area contributed by atoms with E-state index in [1.165, 1.54) is 0 Å². The average molecular weight is 342 g/mol. The number of halogens is 1. The van der Waals surface area contributed by atoms with Crippen LogP contribution in [-0.2, 0) is 12.1 Å². The van der Waals surface area contributed by atoms with E-state index in [1.54, 1.807) is 28.3 Å². The van der Waals surface area contributed by atoms with Crippen molar-refractivity contribution >= 4 is 33.1 Å². The highest BCUT2D eigenvalue weighted by molar-refractivity contribution is 9.11. The molecule has 0 bridgehead atoms. The van der Waals surface area contributed by atoms with E-state index in [-0.39, 0.29) is 11.1 Å². The molecule has 0 atom stereocenters. The quantitative estimate of drug-likeness (QED) is 0.930. The van der Waals surface area contributed by atoms with Gasteiger partial charge in [0.1, 0.15) is 0 Å². The molecule has 2 rings (SSSR count). The summed E-state index contributed by atoms with van der Waals surface area (Å²) >= 11 is 5.06. The van der Waals surface area contributed by atoms with E-state index in [1.807, 2.05) is 32.9 Å². The van der Waals surface area contributed by atoms with Crippen LogP contribution in [0.1, 0.15) is 25.6 Å². The molecule has 0 aliphatic heterocycles. The second-order valence-electron chi connectivity index (χ2n) is 5.18. The first kappa shape index (κ1) is 14.3. The molecule has 0 aliphatic carbocycles. The van der Waals surface area contributed by atoms with Crippen LogP contribution in [0.25, 0.3) is 0 Å². The Kier molecular flexibility index (Phi) is 4.10. The number of rotatable bonds is 3. The highest BCUT2D eigenvalue weighted by Gasteiger charge is 2.16. The Labute approximate surface area is 124 Å². The third kappa shape index (κ3) is 3.45. The van der Waals surface area contributed by atoms with Gasteiger partial charge in [0.2, 0.25) is 0 Å². The van der Waals surface area contributed by atoms with Crippen molar-refractivity contribution in [1.29, 1.82) is 0 Å². The van der Waals surface area contributed by atoms with Crippen LogP contribution in [0.3, 0.4) is 0 Å². The van der Waals surface area contributed by atoms with E-state index < -0.39 is 0 Å². The number of nitrogens with one attached hydrogen (secondary N) is 1. The summed E-state index contributed by atoms with van der Waals surface area (Å²) in [4.78, 5) is 17.5. The van der Waals surface area contributed by atoms with E-state index in [4.69, 9.17) is 0 Å². The van der Waals surface area contributed by atoms with Gasteiger partial charge >= 0.3 is 0 Å². The van der Waals surface area contributed by atoms with Gasteiger partial charge in [-0.05, 0) is 48.8 Å². The summed E-state index contributed by atoms with van der Waals surface area (Å²) in [7, 11) is 0. The molecule has 0 spiro atoms. The molecular formula is C13H16BrN3OS. The zero-order chi connectivity index (χ0) is 14.0. The van der Waals surface area contributed by atoms with Crippen LogP contribution in [0, 0.1) is 0 Å². The summed E-state index contributed by atoms with van der Waals surface area (Å²) in [5.74, 6) is 0.391. The molecule has 19 heavy (non-hydrogen) atoms. The second kappa shape index (κ2) is 5.46. The van der Waals surface area contributed by atoms with Gasteiger partial charge in [-0.2, -0.15) is 0 Å². The Balaban J connectivity index is 2.20. The Hall–Kier alpha value is -1.14. The van der Waals surface area contributed by atoms with Crippen LogP contribution >= 0.6 is 27.3 Å². The van der Waals surface area contributed by atoms with E-state index in [0.717, 1.165) is 8.66 Å². The SMILES string of the molecule is CC(C)(C)n1ccnc(NCc2ccc(Br)s2)c1=O. The Morgan fingerprint density at radius 3 is 2.74 bits per heavy atom. The zero-order valence-electron chi connectivity index (χ0n) is 11.1. The maximum absolute atomic E-state index is 12.3. The fourth-order valence-electron chi connectivity index (χ4n) is 1.68. The third-order valence-corrected chi connectivity index (χ3v) is 4.25. The minimum atomic E-state index is -0.248. The highest BCUT2D eigenvalue weighted by atomic mass is 79.9. The minimum absolute atomic E-state index is 0.0920. The van der Waals surface area contributed by atoms with Crippen molar-refractivity contribution in [2.45, 2.75) is 32.9 Å². The smallest absolute Gasteiger partial charge is 0.293 e. The first-order valence-electron chi connectivity index (χ1n) is 5.94. The lowest BCUT2D eigenvalue weighted by Crippen LogP contribution is -2.35. The molecule has 4 nitrogen and oxygen atoms in total. The van der Waals surface area contributed by atoms with Crippen molar-refractivity contribution in [2.24, 2.45) is 0 Å². The molecule has 0 saturated carbocycles. The van der Waals surface area contributed by atoms with Crippen LogP contribution < -0.4 is 10.9 Å². The lowest BCUT2D eigenvalue weighted by Gasteiger charge is -2.22. The van der Waals surface area contributed by atoms with Gasteiger partial charge in [0, 0.05) is 22.8 Å². The van der Waals surface area contributed by atoms with Crippen LogP contribution in [0.5, 0.6) is 0 Å². The van der Waals surface area contributed by atoms with Crippen LogP contribution in [0.15, 0.2) is 33.1 Å². The molecule has 2 aromatic rings. The normalized spacial score (nSPS) is 11.6. The minimum Gasteiger partial charge on any atom is -0.361 e. The summed E-state index contributed by atoms with van der Waals surface area (Å²) < 4.78 is 2.77. The Morgan fingerprint density at radius 1 is 1.42 bits per heavy atom. The third-order valence-electron chi connectivity index (χ3n) is 2.62. The van der Waals surface area contributed by atoms with E-state index in [0.29, 0.717) is 12.4 Å². The fraction of sp³-hybridized carbons (Fsp3) is 0.385. The van der Waals surface area contributed by atoms with Crippen molar-refractivity contribution in [2.75, 3.05) is 5.32 Å². The van der Waals surface area contributed by atoms with Crippen molar-refractivity contribution in [3.05, 3.63) is 43.5 Å². The summed E-state index contributed by atoms with van der Waals surface area (Å²) in [6.07, 6.45) is 3.37. The number of nitrogens with zero attached hydrogens (tertiary/aromatic N) is 2. The van der Waals surface area contributed by atoms with E-state index in [9.17, 15) is 4.79 Å². The number of anilines is 1. The molecule has 2 heterocycles. The highest BCUT2D eigenvalue weighted by Crippen LogP contribution is 2.22. The molecule has 0 radical (unpaired) electrons. The maximum atomic E-state index is 12.3. The molecule has 102 valence electrons. The second-order valence-corrected chi connectivity index (χ2v) is 7.73. The predicted octanol–water partition coefficient (Wildman–Crippen LogP) is 3.43. The van der Waals surface area contributed by atoms with Gasteiger partial charge in [0.05, 0.1) is 10.3 Å². The number of hydrogen-bond donors (Lipinski definition) is 1. The zero-order valence-corrected chi connectivity index (χ0v) is 13.5. The molecule has 0 aromatic carbocycles. The summed E-state index contributed by atoms with van der Waals surface area (Å²) in [6, 6.07) is 4.01. The fourth-order valence-corrected chi connectivity index (χ4v) is 3.10. The Morgan fingerprint density at radius 2 is 2.16 bits per heavy atom. The maximum Gasteiger partial charge on any atom is 0.293 e. The monoisotopic (exact) mass is 341 g/mol. The first-order chi connectivity index (χ1) is 8.88. The topological polar surface area (TPSA) is 46.9 Å². The van der Waals surface area contributed by atoms with Crippen LogP contribution in [0.4, 0.5) is 5.82 Å². The van der Waals surface area contributed by atoms with E-state index >= 15 is 0 Å². The van der Waals surface area contributed by atoms with Crippen molar-refractivity contribution < 1.29 is 0 Å². The van der Waals surface area contributed by atoms with Gasteiger partial charge in [0.25, 0.3) is 5.56 Å². The number of hydrogen-bond acceptors (Lipinski definition) is 4. The van der Waals surface area contributed by atoms with E-state index in [2.05, 4.69) is 26.2 Å². The molecule has 0 amide bonds. The molecule has 2 aromatic heterocycles. The van der Waals surface area contributed by atoms with Crippen molar-refractivity contribution in [1.82, 2.24) is 9.55 Å². The average Bonchev–Trinajstić information content (AvgIpc) is 2.72. The molecule has 0 aliphatic rings. The van der Waals surface area contributed by atoms with Gasteiger partial charge < -0.3 is 9.88 Å². The van der Waals surface area contributed by atoms with Crippen molar-refractivity contribution in [3.63, 3.8) is 0 Å². The lowest BCUT2D eigenvalue weighted by atomic mass is 10.1. The predicted molar refractivity (Wildman–Crippen MR) is 82.8 cm³/mol. The van der Waals surface area contributed by atoms with Gasteiger partial charge in [-0.1, -0.05) is 0 Å². The molecule has 0 fully saturated rings. The van der Waals surface area contributed by atoms with Gasteiger partial charge in [0.15, 0.2) is 5.82 Å². The molecule has 0 saturated heterocycles. The first-order valence-corrected chi connectivity index (χ1v) is 7.55. The number of thiophene rings is 1. The van der Waals surface area contributed by atoms with Gasteiger partial charge in [-0.25, -0.2) is 4.98 Å².